The number of rotatable bonds is 6. The van der Waals surface area contributed by atoms with Crippen LogP contribution in [-0.2, 0) is 17.8 Å². The summed E-state index contributed by atoms with van der Waals surface area (Å²) in [5.74, 6) is 2.78. The zero-order valence-electron chi connectivity index (χ0n) is 18.9. The molecule has 0 unspecified atom stereocenters. The van der Waals surface area contributed by atoms with Crippen LogP contribution in [0.15, 0.2) is 30.3 Å². The van der Waals surface area contributed by atoms with E-state index < -0.39 is 5.97 Å². The molecule has 1 aliphatic heterocycles. The lowest BCUT2D eigenvalue weighted by Crippen LogP contribution is -2.16. The summed E-state index contributed by atoms with van der Waals surface area (Å²) in [6.07, 6.45) is 4.55. The first-order valence-corrected chi connectivity index (χ1v) is 12.3. The number of aromatic nitrogens is 4. The number of imidazole rings is 1. The van der Waals surface area contributed by atoms with Crippen LogP contribution in [0.3, 0.4) is 0 Å². The van der Waals surface area contributed by atoms with Gasteiger partial charge in [0.25, 0.3) is 0 Å². The molecule has 8 nitrogen and oxygen atoms in total. The van der Waals surface area contributed by atoms with E-state index in [9.17, 15) is 4.79 Å². The van der Waals surface area contributed by atoms with Crippen LogP contribution in [0.4, 0.5) is 5.82 Å². The van der Waals surface area contributed by atoms with E-state index in [1.165, 1.54) is 20.0 Å². The summed E-state index contributed by atoms with van der Waals surface area (Å²) in [6.45, 7) is 2.16. The van der Waals surface area contributed by atoms with Crippen LogP contribution in [0.5, 0.6) is 5.75 Å². The van der Waals surface area contributed by atoms with Gasteiger partial charge in [-0.2, -0.15) is 0 Å². The third-order valence-electron chi connectivity index (χ3n) is 6.49. The second-order valence-electron chi connectivity index (χ2n) is 8.62. The predicted octanol–water partition coefficient (Wildman–Crippen LogP) is 4.36. The van der Waals surface area contributed by atoms with E-state index >= 15 is 0 Å². The molecule has 0 saturated heterocycles. The summed E-state index contributed by atoms with van der Waals surface area (Å²) in [5, 5.41) is 1.10. The molecular weight excluding hydrogens is 438 g/mol. The average molecular weight is 464 g/mol. The minimum Gasteiger partial charge on any atom is -0.489 e. The molecule has 2 aliphatic rings. The van der Waals surface area contributed by atoms with Gasteiger partial charge in [-0.25, -0.2) is 14.8 Å². The Morgan fingerprint density at radius 3 is 2.88 bits per heavy atom. The van der Waals surface area contributed by atoms with Gasteiger partial charge in [-0.15, -0.1) is 0 Å². The van der Waals surface area contributed by atoms with E-state index in [0.29, 0.717) is 30.4 Å². The number of esters is 1. The van der Waals surface area contributed by atoms with Gasteiger partial charge in [-0.3, -0.25) is 0 Å². The second kappa shape index (κ2) is 7.69. The number of hydrogen-bond acceptors (Lipinski definition) is 7. The average Bonchev–Trinajstić information content (AvgIpc) is 3.50. The number of anilines is 1. The maximum Gasteiger partial charge on any atom is 0.338 e. The lowest BCUT2D eigenvalue weighted by molar-refractivity contribution is 0.0600. The van der Waals surface area contributed by atoms with E-state index in [-0.39, 0.29) is 0 Å². The van der Waals surface area contributed by atoms with Crippen molar-refractivity contribution >= 4 is 45.8 Å². The van der Waals surface area contributed by atoms with Crippen molar-refractivity contribution in [2.75, 3.05) is 31.3 Å². The van der Waals surface area contributed by atoms with Crippen molar-refractivity contribution in [1.29, 1.82) is 0 Å². The summed E-state index contributed by atoms with van der Waals surface area (Å²) in [7, 11) is 3.41. The predicted molar refractivity (Wildman–Crippen MR) is 130 cm³/mol. The lowest BCUT2D eigenvalue weighted by Gasteiger charge is -2.19. The molecular formula is C24H25N5O3S. The zero-order chi connectivity index (χ0) is 22.7. The number of benzene rings is 1. The van der Waals surface area contributed by atoms with E-state index in [0.717, 1.165) is 45.9 Å². The molecule has 0 amide bonds. The highest BCUT2D eigenvalue weighted by Gasteiger charge is 2.28. The maximum atomic E-state index is 12.2. The molecule has 0 atom stereocenters. The molecule has 0 radical (unpaired) electrons. The van der Waals surface area contributed by atoms with Crippen LogP contribution < -0.4 is 9.04 Å². The topological polar surface area (TPSA) is 74.4 Å². The SMILES string of the molecule is COC(=O)c1cc2c3c(c1)nc(-c1cc4ccc(N(C)SC)nc4n1CC1CC1)n3CCO2. The normalized spacial score (nSPS) is 15.1. The number of carbonyl (C=O) groups excluding carboxylic acids is 1. The second-order valence-corrected chi connectivity index (χ2v) is 9.53. The lowest BCUT2D eigenvalue weighted by atomic mass is 10.1. The van der Waals surface area contributed by atoms with Crippen molar-refractivity contribution in [1.82, 2.24) is 19.1 Å². The Balaban J connectivity index is 1.57. The van der Waals surface area contributed by atoms with Gasteiger partial charge in [-0.05, 0) is 49.1 Å². The highest BCUT2D eigenvalue weighted by molar-refractivity contribution is 7.99. The largest absolute Gasteiger partial charge is 0.489 e. The van der Waals surface area contributed by atoms with Gasteiger partial charge in [0.1, 0.15) is 29.3 Å². The summed E-state index contributed by atoms with van der Waals surface area (Å²) in [6, 6.07) is 9.93. The van der Waals surface area contributed by atoms with Crippen molar-refractivity contribution in [3.05, 3.63) is 35.9 Å². The van der Waals surface area contributed by atoms with Crippen molar-refractivity contribution in [3.63, 3.8) is 0 Å². The summed E-state index contributed by atoms with van der Waals surface area (Å²) >= 11 is 1.64. The number of nitrogens with zero attached hydrogens (tertiary/aromatic N) is 5. The summed E-state index contributed by atoms with van der Waals surface area (Å²) in [4.78, 5) is 22.2. The molecule has 170 valence electrons. The van der Waals surface area contributed by atoms with E-state index in [2.05, 4.69) is 31.6 Å². The minimum atomic E-state index is -0.393. The smallest absolute Gasteiger partial charge is 0.338 e. The van der Waals surface area contributed by atoms with Crippen LogP contribution in [0.2, 0.25) is 0 Å². The molecule has 6 rings (SSSR count). The van der Waals surface area contributed by atoms with Crippen LogP contribution in [0.25, 0.3) is 33.6 Å². The van der Waals surface area contributed by atoms with Crippen molar-refractivity contribution in [2.45, 2.75) is 25.9 Å². The monoisotopic (exact) mass is 463 g/mol. The number of pyridine rings is 1. The van der Waals surface area contributed by atoms with Crippen molar-refractivity contribution in [2.24, 2.45) is 5.92 Å². The van der Waals surface area contributed by atoms with Crippen LogP contribution in [-0.4, -0.2) is 52.1 Å². The highest BCUT2D eigenvalue weighted by Crippen LogP contribution is 2.39. The fourth-order valence-corrected chi connectivity index (χ4v) is 4.84. The standard InChI is InChI=1S/C24H25N5O3S/c1-27(33-3)20-7-6-15-11-18(29(22(15)26-20)13-14-4-5-14)23-25-17-10-16(24(30)31-2)12-19-21(17)28(23)8-9-32-19/h6-7,10-12,14H,4-5,8-9,13H2,1-3H3. The number of hydrogen-bond donors (Lipinski definition) is 0. The summed E-state index contributed by atoms with van der Waals surface area (Å²) < 4.78 is 17.4. The molecule has 9 heteroatoms. The third-order valence-corrected chi connectivity index (χ3v) is 7.23. The van der Waals surface area contributed by atoms with Gasteiger partial charge in [0.15, 0.2) is 5.82 Å². The first-order chi connectivity index (χ1) is 16.1. The Kier molecular flexibility index (Phi) is 4.76. The molecule has 0 bridgehead atoms. The van der Waals surface area contributed by atoms with Gasteiger partial charge < -0.3 is 22.9 Å². The first kappa shape index (κ1) is 20.4. The summed E-state index contributed by atoms with van der Waals surface area (Å²) in [5.41, 5.74) is 4.14. The van der Waals surface area contributed by atoms with E-state index in [1.54, 1.807) is 24.1 Å². The Morgan fingerprint density at radius 2 is 2.12 bits per heavy atom. The number of ether oxygens (including phenoxy) is 2. The quantitative estimate of drug-likeness (QED) is 0.311. The molecule has 0 N–H and O–H groups in total. The molecule has 4 heterocycles. The van der Waals surface area contributed by atoms with Crippen LogP contribution in [0, 0.1) is 5.92 Å². The Labute approximate surface area is 195 Å². The zero-order valence-corrected chi connectivity index (χ0v) is 19.7. The first-order valence-electron chi connectivity index (χ1n) is 11.1. The van der Waals surface area contributed by atoms with Crippen LogP contribution >= 0.6 is 11.9 Å². The van der Waals surface area contributed by atoms with Gasteiger partial charge in [0, 0.05) is 25.2 Å². The number of fused-ring (bicyclic) bond motifs is 1. The van der Waals surface area contributed by atoms with E-state index in [4.69, 9.17) is 19.4 Å². The fraction of sp³-hybridized carbons (Fsp3) is 0.375. The molecule has 33 heavy (non-hydrogen) atoms. The highest BCUT2D eigenvalue weighted by atomic mass is 32.2. The molecule has 1 fully saturated rings. The Hall–Kier alpha value is -3.20. The van der Waals surface area contributed by atoms with Gasteiger partial charge in [-0.1, -0.05) is 11.9 Å². The van der Waals surface area contributed by atoms with Gasteiger partial charge in [0.2, 0.25) is 0 Å². The maximum absolute atomic E-state index is 12.2. The minimum absolute atomic E-state index is 0.393. The number of methoxy groups -OCH3 is 1. The molecule has 3 aromatic heterocycles. The molecule has 1 aromatic carbocycles. The third kappa shape index (κ3) is 3.33. The molecule has 4 aromatic rings. The van der Waals surface area contributed by atoms with Crippen molar-refractivity contribution in [3.8, 4) is 17.3 Å². The van der Waals surface area contributed by atoms with Gasteiger partial charge in [0.05, 0.1) is 30.4 Å². The Morgan fingerprint density at radius 1 is 1.27 bits per heavy atom. The number of carbonyl (C=O) groups is 1. The van der Waals surface area contributed by atoms with Gasteiger partial charge >= 0.3 is 5.97 Å². The van der Waals surface area contributed by atoms with E-state index in [1.807, 2.05) is 13.3 Å². The van der Waals surface area contributed by atoms with Crippen LogP contribution in [0.1, 0.15) is 23.2 Å². The molecule has 1 aliphatic carbocycles. The fourth-order valence-electron chi connectivity index (χ4n) is 4.55. The molecule has 1 saturated carbocycles. The van der Waals surface area contributed by atoms with Crippen molar-refractivity contribution < 1.29 is 14.3 Å². The Bertz CT molecular complexity index is 1400. The molecule has 0 spiro atoms.